The molecule has 0 heterocycles. The minimum absolute atomic E-state index is 0.0795. The highest BCUT2D eigenvalue weighted by molar-refractivity contribution is 5.69. The van der Waals surface area contributed by atoms with Crippen LogP contribution in [-0.2, 0) is 14.3 Å². The van der Waals surface area contributed by atoms with Crippen LogP contribution in [0.15, 0.2) is 0 Å². The first-order valence-electron chi connectivity index (χ1n) is 25.3. The number of carbonyl (C=O) groups excluding carboxylic acids is 1. The summed E-state index contributed by atoms with van der Waals surface area (Å²) < 4.78 is 11.9. The van der Waals surface area contributed by atoms with Crippen LogP contribution in [0.1, 0.15) is 259 Å². The largest absolute Gasteiger partial charge is 0.465 e. The minimum Gasteiger partial charge on any atom is -0.465 e. The van der Waals surface area contributed by atoms with Crippen LogP contribution in [0.25, 0.3) is 0 Å². The van der Waals surface area contributed by atoms with Crippen LogP contribution in [0.4, 0.5) is 0 Å². The molecule has 0 aromatic rings. The van der Waals surface area contributed by atoms with E-state index in [-0.39, 0.29) is 12.6 Å². The second kappa shape index (κ2) is 45.4. The fraction of sp³-hybridized carbons (Fsp3) is 0.980. The van der Waals surface area contributed by atoms with Crippen LogP contribution in [0.5, 0.6) is 0 Å². The molecule has 0 fully saturated rings. The van der Waals surface area contributed by atoms with E-state index in [1.54, 1.807) is 0 Å². The van der Waals surface area contributed by atoms with Gasteiger partial charge in [-0.1, -0.05) is 207 Å². The summed E-state index contributed by atoms with van der Waals surface area (Å²) in [6.45, 7) is 12.6. The molecule has 3 unspecified atom stereocenters. The van der Waals surface area contributed by atoms with Gasteiger partial charge in [0.2, 0.25) is 0 Å². The summed E-state index contributed by atoms with van der Waals surface area (Å²) in [6.07, 6.45) is 43.8. The molecular formula is C50H101NO5. The summed E-state index contributed by atoms with van der Waals surface area (Å²) in [4.78, 5) is 15.0. The fourth-order valence-electron chi connectivity index (χ4n) is 8.21. The lowest BCUT2D eigenvalue weighted by molar-refractivity contribution is -0.145. The van der Waals surface area contributed by atoms with Crippen molar-refractivity contribution < 1.29 is 24.5 Å². The SMILES string of the molecule is CCCCCCCCCCC(CCCCCCCC)COC(=O)CCCN(CCO)CCCC(O)OCC(CCCCCCCC)CCCCCCCCCC. The zero-order chi connectivity index (χ0) is 41.0. The molecule has 56 heavy (non-hydrogen) atoms. The van der Waals surface area contributed by atoms with Crippen LogP contribution in [0.2, 0.25) is 0 Å². The fourth-order valence-corrected chi connectivity index (χ4v) is 8.21. The normalized spacial score (nSPS) is 13.4. The predicted octanol–water partition coefficient (Wildman–Crippen LogP) is 14.5. The van der Waals surface area contributed by atoms with Gasteiger partial charge in [-0.05, 0) is 69.9 Å². The van der Waals surface area contributed by atoms with Crippen LogP contribution in [0.3, 0.4) is 0 Å². The molecule has 0 amide bonds. The summed E-state index contributed by atoms with van der Waals surface area (Å²) in [7, 11) is 0. The number of esters is 1. The van der Waals surface area contributed by atoms with E-state index >= 15 is 0 Å². The number of hydrogen-bond donors (Lipinski definition) is 2. The number of aliphatic hydroxyl groups excluding tert-OH is 2. The summed E-state index contributed by atoms with van der Waals surface area (Å²) in [5.74, 6) is 0.947. The van der Waals surface area contributed by atoms with E-state index in [9.17, 15) is 15.0 Å². The van der Waals surface area contributed by atoms with Gasteiger partial charge < -0.3 is 24.6 Å². The van der Waals surface area contributed by atoms with Gasteiger partial charge in [-0.2, -0.15) is 0 Å². The van der Waals surface area contributed by atoms with E-state index in [4.69, 9.17) is 9.47 Å². The third-order valence-electron chi connectivity index (χ3n) is 12.1. The van der Waals surface area contributed by atoms with E-state index in [0.29, 0.717) is 44.4 Å². The lowest BCUT2D eigenvalue weighted by Crippen LogP contribution is -2.30. The highest BCUT2D eigenvalue weighted by Gasteiger charge is 2.15. The molecule has 0 radical (unpaired) electrons. The van der Waals surface area contributed by atoms with Gasteiger partial charge in [0.25, 0.3) is 0 Å². The molecule has 0 saturated heterocycles. The molecule has 336 valence electrons. The van der Waals surface area contributed by atoms with Crippen LogP contribution >= 0.6 is 0 Å². The average molecular weight is 796 g/mol. The van der Waals surface area contributed by atoms with Gasteiger partial charge in [0.15, 0.2) is 6.29 Å². The second-order valence-electron chi connectivity index (χ2n) is 17.7. The maximum absolute atomic E-state index is 12.8. The molecule has 0 aliphatic carbocycles. The van der Waals surface area contributed by atoms with Gasteiger partial charge >= 0.3 is 5.97 Å². The van der Waals surface area contributed by atoms with Crippen molar-refractivity contribution in [2.24, 2.45) is 11.8 Å². The Bertz CT molecular complexity index is 766. The number of nitrogens with zero attached hydrogens (tertiary/aromatic N) is 1. The third kappa shape index (κ3) is 40.1. The standard InChI is InChI=1S/C50H101NO5/c1-5-9-13-17-21-23-27-31-37-47(35-29-25-19-15-11-7-3)45-55-49(53)39-33-41-51(43-44-52)42-34-40-50(54)56-46-48(36-30-26-20-16-12-8-4)38-32-28-24-22-18-14-10-6-2/h47-49,52-53H,5-46H2,1-4H3. The van der Waals surface area contributed by atoms with Crippen molar-refractivity contribution in [1.82, 2.24) is 4.90 Å². The minimum atomic E-state index is -0.735. The molecule has 3 atom stereocenters. The zero-order valence-corrected chi connectivity index (χ0v) is 38.5. The molecule has 0 saturated carbocycles. The number of aliphatic hydroxyl groups is 2. The Balaban J connectivity index is 4.54. The highest BCUT2D eigenvalue weighted by Crippen LogP contribution is 2.22. The van der Waals surface area contributed by atoms with E-state index in [1.807, 2.05) is 0 Å². The van der Waals surface area contributed by atoms with Gasteiger partial charge in [0, 0.05) is 13.0 Å². The highest BCUT2D eigenvalue weighted by atomic mass is 16.6. The molecule has 6 heteroatoms. The van der Waals surface area contributed by atoms with Gasteiger partial charge in [0.1, 0.15) is 0 Å². The average Bonchev–Trinajstić information content (AvgIpc) is 3.19. The number of ether oxygens (including phenoxy) is 2. The van der Waals surface area contributed by atoms with Crippen molar-refractivity contribution in [1.29, 1.82) is 0 Å². The van der Waals surface area contributed by atoms with Gasteiger partial charge in [-0.25, -0.2) is 0 Å². The maximum atomic E-state index is 12.8. The summed E-state index contributed by atoms with van der Waals surface area (Å²) in [5.41, 5.74) is 0. The first kappa shape index (κ1) is 55.3. The molecule has 0 aromatic heterocycles. The predicted molar refractivity (Wildman–Crippen MR) is 242 cm³/mol. The van der Waals surface area contributed by atoms with Gasteiger partial charge in [0.05, 0.1) is 19.8 Å². The van der Waals surface area contributed by atoms with Gasteiger partial charge in [-0.3, -0.25) is 4.79 Å². The van der Waals surface area contributed by atoms with Crippen molar-refractivity contribution in [2.45, 2.75) is 265 Å². The topological polar surface area (TPSA) is 79.2 Å². The number of unbranched alkanes of at least 4 members (excludes halogenated alkanes) is 24. The van der Waals surface area contributed by atoms with Crippen molar-refractivity contribution in [3.8, 4) is 0 Å². The van der Waals surface area contributed by atoms with Crippen LogP contribution in [-0.4, -0.2) is 66.8 Å². The molecule has 6 nitrogen and oxygen atoms in total. The molecular weight excluding hydrogens is 695 g/mol. The third-order valence-corrected chi connectivity index (χ3v) is 12.1. The number of rotatable bonds is 47. The Morgan fingerprint density at radius 1 is 0.446 bits per heavy atom. The maximum Gasteiger partial charge on any atom is 0.305 e. The van der Waals surface area contributed by atoms with E-state index in [2.05, 4.69) is 32.6 Å². The first-order chi connectivity index (χ1) is 27.5. The van der Waals surface area contributed by atoms with E-state index in [1.165, 1.54) is 205 Å². The molecule has 0 aliphatic heterocycles. The molecule has 0 spiro atoms. The molecule has 0 aromatic carbocycles. The van der Waals surface area contributed by atoms with Gasteiger partial charge in [-0.15, -0.1) is 0 Å². The quantitative estimate of drug-likeness (QED) is 0.0363. The summed E-state index contributed by atoms with van der Waals surface area (Å²) >= 11 is 0. The number of hydrogen-bond acceptors (Lipinski definition) is 6. The Labute approximate surface area is 350 Å². The van der Waals surface area contributed by atoms with Crippen molar-refractivity contribution in [3.05, 3.63) is 0 Å². The Hall–Kier alpha value is -0.690. The van der Waals surface area contributed by atoms with E-state index < -0.39 is 6.29 Å². The van der Waals surface area contributed by atoms with Crippen molar-refractivity contribution in [2.75, 3.05) is 39.5 Å². The molecule has 0 aliphatic rings. The molecule has 0 bridgehead atoms. The zero-order valence-electron chi connectivity index (χ0n) is 38.5. The summed E-state index contributed by atoms with van der Waals surface area (Å²) in [5, 5.41) is 20.5. The second-order valence-corrected chi connectivity index (χ2v) is 17.7. The van der Waals surface area contributed by atoms with Crippen LogP contribution < -0.4 is 0 Å². The lowest BCUT2D eigenvalue weighted by Gasteiger charge is -2.23. The first-order valence-corrected chi connectivity index (χ1v) is 25.3. The van der Waals surface area contributed by atoms with Crippen LogP contribution in [0, 0.1) is 11.8 Å². The Morgan fingerprint density at radius 3 is 1.20 bits per heavy atom. The lowest BCUT2D eigenvalue weighted by atomic mass is 9.94. The monoisotopic (exact) mass is 796 g/mol. The Morgan fingerprint density at radius 2 is 0.804 bits per heavy atom. The Kier molecular flexibility index (Phi) is 44.8. The molecule has 2 N–H and O–H groups in total. The summed E-state index contributed by atoms with van der Waals surface area (Å²) in [6, 6.07) is 0. The van der Waals surface area contributed by atoms with E-state index in [0.717, 1.165) is 25.9 Å². The van der Waals surface area contributed by atoms with Crippen molar-refractivity contribution >= 4 is 5.97 Å². The number of carbonyl (C=O) groups is 1. The molecule has 0 rings (SSSR count). The smallest absolute Gasteiger partial charge is 0.305 e. The van der Waals surface area contributed by atoms with Crippen molar-refractivity contribution in [3.63, 3.8) is 0 Å².